The molecule has 2 aliphatic carbocycles. The lowest BCUT2D eigenvalue weighted by Gasteiger charge is -2.33. The van der Waals surface area contributed by atoms with Gasteiger partial charge in [0, 0.05) is 49.1 Å². The molecule has 6 rings (SSSR count). The Morgan fingerprint density at radius 2 is 1.88 bits per heavy atom. The summed E-state index contributed by atoms with van der Waals surface area (Å²) in [7, 11) is 0. The number of aliphatic imine (C=N–C) groups is 1. The zero-order valence-corrected chi connectivity index (χ0v) is 34.7. The molecule has 2 amide bonds. The number of aromatic nitrogens is 4. The summed E-state index contributed by atoms with van der Waals surface area (Å²) in [5.41, 5.74) is 6.30. The number of hydrogen-bond acceptors (Lipinski definition) is 11. The maximum absolute atomic E-state index is 14.0. The Morgan fingerprint density at radius 3 is 2.61 bits per heavy atom. The van der Waals surface area contributed by atoms with Gasteiger partial charge in [-0.2, -0.15) is 9.61 Å². The molecule has 2 fully saturated rings. The van der Waals surface area contributed by atoms with E-state index in [-0.39, 0.29) is 55.4 Å². The van der Waals surface area contributed by atoms with Crippen LogP contribution < -0.4 is 16.0 Å². The van der Waals surface area contributed by atoms with Crippen LogP contribution in [0.15, 0.2) is 53.1 Å². The molecule has 0 aliphatic heterocycles. The second-order valence-corrected chi connectivity index (χ2v) is 17.5. The summed E-state index contributed by atoms with van der Waals surface area (Å²) in [5, 5.41) is 25.0. The molecule has 2 saturated carbocycles. The van der Waals surface area contributed by atoms with E-state index in [2.05, 4.69) is 49.0 Å². The standard InChI is InChI=1S/C43H58N8O5S/c1-6-7-31-21-37(51-36(49-31)14-16-48-51)50-32-13-10-29(20-32)25-45-38(53)15-18-56-19-17-44-41(43(3,4)5)39(54)34-22-33(52)23-35(34)42(55)46-24-28-8-11-30(12-9-28)40-27(2)47-26-57-40/h8-9,11-12,14,16,21,25-26,29,32-35,41,44,50,52H,6-7,10,13,15,17-20,22-24H2,1-5H3,(H,46,55)/t29?,32-,33+,34?,35-,41-/m1/s1. The third-order valence-electron chi connectivity index (χ3n) is 11.0. The summed E-state index contributed by atoms with van der Waals surface area (Å²) in [6.07, 6.45) is 8.27. The minimum atomic E-state index is -0.716. The van der Waals surface area contributed by atoms with E-state index >= 15 is 0 Å². The van der Waals surface area contributed by atoms with E-state index in [0.717, 1.165) is 71.0 Å². The van der Waals surface area contributed by atoms with Gasteiger partial charge in [-0.15, -0.1) is 11.3 Å². The van der Waals surface area contributed by atoms with Gasteiger partial charge >= 0.3 is 0 Å². The molecule has 2 unspecified atom stereocenters. The minimum Gasteiger partial charge on any atom is -0.393 e. The Labute approximate surface area is 339 Å². The van der Waals surface area contributed by atoms with Gasteiger partial charge in [0.2, 0.25) is 11.8 Å². The number of hydrogen-bond donors (Lipinski definition) is 4. The summed E-state index contributed by atoms with van der Waals surface area (Å²) in [6.45, 7) is 11.4. The molecule has 0 radical (unpaired) electrons. The van der Waals surface area contributed by atoms with Crippen LogP contribution in [0, 0.1) is 30.1 Å². The number of amides is 2. The quantitative estimate of drug-likeness (QED) is 0.0694. The molecule has 3 heterocycles. The molecule has 14 heteroatoms. The number of carbonyl (C=O) groups excluding carboxylic acids is 3. The van der Waals surface area contributed by atoms with Crippen LogP contribution in [0.5, 0.6) is 0 Å². The van der Waals surface area contributed by atoms with Crippen molar-refractivity contribution in [2.75, 3.05) is 25.1 Å². The second-order valence-electron chi connectivity index (χ2n) is 16.6. The van der Waals surface area contributed by atoms with E-state index in [0.29, 0.717) is 19.7 Å². The first kappa shape index (κ1) is 42.2. The van der Waals surface area contributed by atoms with Gasteiger partial charge in [0.15, 0.2) is 11.4 Å². The van der Waals surface area contributed by atoms with Gasteiger partial charge in [-0.25, -0.2) is 15.0 Å². The highest BCUT2D eigenvalue weighted by atomic mass is 32.1. The Balaban J connectivity index is 0.911. The van der Waals surface area contributed by atoms with Crippen LogP contribution in [-0.2, 0) is 32.1 Å². The Hall–Kier alpha value is -4.37. The van der Waals surface area contributed by atoms with Crippen molar-refractivity contribution in [3.05, 3.63) is 65.1 Å². The van der Waals surface area contributed by atoms with Crippen molar-refractivity contribution < 1.29 is 24.2 Å². The van der Waals surface area contributed by atoms with Crippen molar-refractivity contribution in [1.82, 2.24) is 30.2 Å². The predicted molar refractivity (Wildman–Crippen MR) is 223 cm³/mol. The number of carbonyl (C=O) groups is 3. The average Bonchev–Trinajstić information content (AvgIpc) is 4.00. The second kappa shape index (κ2) is 19.4. The molecule has 57 heavy (non-hydrogen) atoms. The summed E-state index contributed by atoms with van der Waals surface area (Å²) in [4.78, 5) is 54.4. The number of thiazole rings is 1. The summed E-state index contributed by atoms with van der Waals surface area (Å²) >= 11 is 1.60. The Kier molecular flexibility index (Phi) is 14.4. The Morgan fingerprint density at radius 1 is 1.09 bits per heavy atom. The maximum Gasteiger partial charge on any atom is 0.247 e. The number of Topliss-reactive ketones (excluding diaryl/α,β-unsaturated/α-hetero) is 1. The molecule has 0 spiro atoms. The van der Waals surface area contributed by atoms with Crippen LogP contribution in [0.4, 0.5) is 5.82 Å². The molecule has 13 nitrogen and oxygen atoms in total. The molecule has 3 aromatic heterocycles. The van der Waals surface area contributed by atoms with Crippen molar-refractivity contribution >= 4 is 46.6 Å². The van der Waals surface area contributed by atoms with Crippen LogP contribution >= 0.6 is 11.3 Å². The van der Waals surface area contributed by atoms with Crippen molar-refractivity contribution in [1.29, 1.82) is 0 Å². The Bertz CT molecular complexity index is 2000. The fraction of sp³-hybridized carbons (Fsp3) is 0.558. The normalized spacial score (nSPS) is 21.7. The number of aliphatic hydroxyl groups is 1. The van der Waals surface area contributed by atoms with Gasteiger partial charge in [-0.05, 0) is 67.9 Å². The van der Waals surface area contributed by atoms with Crippen LogP contribution in [-0.4, -0.2) is 86.4 Å². The lowest BCUT2D eigenvalue weighted by atomic mass is 9.77. The number of rotatable bonds is 18. The monoisotopic (exact) mass is 798 g/mol. The molecule has 4 aromatic rings. The lowest BCUT2D eigenvalue weighted by Crippen LogP contribution is -2.51. The predicted octanol–water partition coefficient (Wildman–Crippen LogP) is 5.98. The van der Waals surface area contributed by atoms with E-state index in [1.807, 2.05) is 68.1 Å². The van der Waals surface area contributed by atoms with E-state index in [1.165, 1.54) is 0 Å². The van der Waals surface area contributed by atoms with Gasteiger partial charge in [-0.3, -0.25) is 14.4 Å². The fourth-order valence-corrected chi connectivity index (χ4v) is 8.88. The molecule has 2 aliphatic rings. The summed E-state index contributed by atoms with van der Waals surface area (Å²) in [6, 6.07) is 11.7. The van der Waals surface area contributed by atoms with Gasteiger partial charge in [0.05, 0.1) is 60.0 Å². The minimum absolute atomic E-state index is 0.0750. The van der Waals surface area contributed by atoms with Gasteiger partial charge in [-0.1, -0.05) is 58.4 Å². The first-order chi connectivity index (χ1) is 27.4. The molecular weight excluding hydrogens is 741 g/mol. The van der Waals surface area contributed by atoms with Crippen molar-refractivity contribution in [2.45, 2.75) is 111 Å². The number of aryl methyl sites for hydroxylation is 2. The number of nitrogens with one attached hydrogen (secondary N) is 3. The largest absolute Gasteiger partial charge is 0.393 e. The van der Waals surface area contributed by atoms with Crippen LogP contribution in [0.2, 0.25) is 0 Å². The van der Waals surface area contributed by atoms with E-state index in [1.54, 1.807) is 23.7 Å². The number of fused-ring (bicyclic) bond motifs is 1. The zero-order chi connectivity index (χ0) is 40.5. The van der Waals surface area contributed by atoms with Crippen molar-refractivity contribution in [2.24, 2.45) is 28.2 Å². The van der Waals surface area contributed by atoms with Gasteiger partial charge in [0.1, 0.15) is 5.82 Å². The van der Waals surface area contributed by atoms with Crippen LogP contribution in [0.25, 0.3) is 16.1 Å². The fourth-order valence-electron chi connectivity index (χ4n) is 8.07. The smallest absolute Gasteiger partial charge is 0.247 e. The van der Waals surface area contributed by atoms with Crippen LogP contribution in [0.3, 0.4) is 0 Å². The maximum atomic E-state index is 14.0. The number of nitrogens with zero attached hydrogens (tertiary/aromatic N) is 5. The average molecular weight is 799 g/mol. The topological polar surface area (TPSA) is 172 Å². The van der Waals surface area contributed by atoms with E-state index < -0.39 is 29.4 Å². The molecule has 0 bridgehead atoms. The highest BCUT2D eigenvalue weighted by Gasteiger charge is 2.46. The van der Waals surface area contributed by atoms with Crippen molar-refractivity contribution in [3.63, 3.8) is 0 Å². The molecule has 1 aromatic carbocycles. The van der Waals surface area contributed by atoms with Crippen LogP contribution in [0.1, 0.15) is 89.6 Å². The molecule has 0 saturated heterocycles. The van der Waals surface area contributed by atoms with E-state index in [9.17, 15) is 19.5 Å². The summed E-state index contributed by atoms with van der Waals surface area (Å²) < 4.78 is 7.61. The number of aliphatic hydroxyl groups excluding tert-OH is 1. The number of ketones is 1. The first-order valence-corrected chi connectivity index (χ1v) is 21.2. The SMILES string of the molecule is CCCc1cc(N[C@@H]2CCC(C=NC(=O)CCOCCN[C@H](C(=O)C3C[C@H](O)C[C@H]3C(=O)NCc3ccc(-c4scnc4C)cc3)C(C)(C)C)C2)n2nccc2n1. The first-order valence-electron chi connectivity index (χ1n) is 20.4. The highest BCUT2D eigenvalue weighted by Crippen LogP contribution is 2.37. The van der Waals surface area contributed by atoms with Crippen molar-refractivity contribution in [3.8, 4) is 10.4 Å². The molecule has 306 valence electrons. The summed E-state index contributed by atoms with van der Waals surface area (Å²) in [5.74, 6) is -0.560. The lowest BCUT2D eigenvalue weighted by molar-refractivity contribution is -0.135. The third kappa shape index (κ3) is 11.2. The number of anilines is 1. The van der Waals surface area contributed by atoms with Gasteiger partial charge in [0.25, 0.3) is 0 Å². The van der Waals surface area contributed by atoms with E-state index in [4.69, 9.17) is 4.74 Å². The molecule has 4 N–H and O–H groups in total. The number of ether oxygens (including phenoxy) is 1. The van der Waals surface area contributed by atoms with Gasteiger partial charge < -0.3 is 25.8 Å². The number of benzene rings is 1. The molecular formula is C43H58N8O5S. The third-order valence-corrected chi connectivity index (χ3v) is 12.0. The highest BCUT2D eigenvalue weighted by molar-refractivity contribution is 7.13. The zero-order valence-electron chi connectivity index (χ0n) is 33.9. The molecule has 6 atom stereocenters.